The molecule has 1 aromatic carbocycles. The Kier molecular flexibility index (Phi) is 3.86. The molecule has 3 aromatic rings. The molecule has 1 fully saturated rings. The number of amides is 1. The fourth-order valence-corrected chi connectivity index (χ4v) is 3.66. The molecule has 3 heterocycles. The van der Waals surface area contributed by atoms with Crippen LogP contribution in [0.15, 0.2) is 42.6 Å². The zero-order chi connectivity index (χ0) is 16.5. The molecule has 0 bridgehead atoms. The Balaban J connectivity index is 1.35. The first-order valence-corrected chi connectivity index (χ1v) is 8.50. The van der Waals surface area contributed by atoms with E-state index in [0.717, 1.165) is 15.5 Å². The number of hydrogen-bond donors (Lipinski definition) is 1. The van der Waals surface area contributed by atoms with E-state index in [0.29, 0.717) is 25.2 Å². The minimum atomic E-state index is -0.305. The number of carbonyl (C=O) groups excluding carboxylic acids is 1. The highest BCUT2D eigenvalue weighted by Crippen LogP contribution is 2.33. The van der Waals surface area contributed by atoms with Crippen molar-refractivity contribution in [1.29, 1.82) is 0 Å². The number of nitrogens with one attached hydrogen (secondary N) is 1. The molecule has 7 heteroatoms. The Hall–Kier alpha value is -2.54. The summed E-state index contributed by atoms with van der Waals surface area (Å²) in [6, 6.07) is 10.6. The van der Waals surface area contributed by atoms with Gasteiger partial charge in [0.25, 0.3) is 0 Å². The van der Waals surface area contributed by atoms with Crippen LogP contribution in [0.25, 0.3) is 10.2 Å². The number of fused-ring (bicyclic) bond motifs is 1. The van der Waals surface area contributed by atoms with E-state index in [1.807, 2.05) is 29.2 Å². The lowest BCUT2D eigenvalue weighted by Gasteiger charge is -2.37. The van der Waals surface area contributed by atoms with Gasteiger partial charge in [0.2, 0.25) is 5.91 Å². The van der Waals surface area contributed by atoms with Gasteiger partial charge < -0.3 is 10.2 Å². The van der Waals surface area contributed by atoms with Crippen molar-refractivity contribution in [2.24, 2.45) is 5.92 Å². The van der Waals surface area contributed by atoms with Crippen molar-refractivity contribution in [3.8, 4) is 0 Å². The quantitative estimate of drug-likeness (QED) is 0.792. The zero-order valence-electron chi connectivity index (χ0n) is 12.8. The average Bonchev–Trinajstić information content (AvgIpc) is 2.97. The molecule has 1 aliphatic rings. The number of rotatable bonds is 4. The first-order valence-electron chi connectivity index (χ1n) is 7.68. The van der Waals surface area contributed by atoms with Gasteiger partial charge in [-0.05, 0) is 24.3 Å². The molecule has 4 rings (SSSR count). The number of hydrogen-bond acceptors (Lipinski definition) is 5. The van der Waals surface area contributed by atoms with E-state index < -0.39 is 0 Å². The Bertz CT molecular complexity index is 877. The van der Waals surface area contributed by atoms with E-state index in [-0.39, 0.29) is 17.6 Å². The Morgan fingerprint density at radius 3 is 2.92 bits per heavy atom. The van der Waals surface area contributed by atoms with Crippen LogP contribution >= 0.6 is 11.3 Å². The third-order valence-corrected chi connectivity index (χ3v) is 5.13. The monoisotopic (exact) mass is 342 g/mol. The number of aromatic nitrogens is 2. The summed E-state index contributed by atoms with van der Waals surface area (Å²) in [6.07, 6.45) is 1.71. The molecule has 0 aliphatic carbocycles. The third kappa shape index (κ3) is 2.82. The summed E-state index contributed by atoms with van der Waals surface area (Å²) in [6.45, 7) is 1.65. The molecule has 0 radical (unpaired) electrons. The van der Waals surface area contributed by atoms with Crippen LogP contribution in [-0.2, 0) is 11.3 Å². The van der Waals surface area contributed by atoms with Gasteiger partial charge in [-0.3, -0.25) is 9.78 Å². The second-order valence-electron chi connectivity index (χ2n) is 5.72. The van der Waals surface area contributed by atoms with Crippen molar-refractivity contribution in [2.75, 3.05) is 18.0 Å². The van der Waals surface area contributed by atoms with E-state index in [2.05, 4.69) is 15.3 Å². The van der Waals surface area contributed by atoms with Crippen LogP contribution in [0.1, 0.15) is 5.69 Å². The van der Waals surface area contributed by atoms with E-state index in [4.69, 9.17) is 0 Å². The Labute approximate surface area is 142 Å². The predicted octanol–water partition coefficient (Wildman–Crippen LogP) is 2.58. The highest BCUT2D eigenvalue weighted by molar-refractivity contribution is 7.22. The van der Waals surface area contributed by atoms with Gasteiger partial charge in [-0.2, -0.15) is 0 Å². The van der Waals surface area contributed by atoms with E-state index in [1.165, 1.54) is 17.4 Å². The van der Waals surface area contributed by atoms with Crippen LogP contribution in [0.2, 0.25) is 0 Å². The number of carbonyl (C=O) groups is 1. The fourth-order valence-electron chi connectivity index (χ4n) is 2.66. The molecular formula is C17H15FN4OS. The minimum Gasteiger partial charge on any atom is -0.350 e. The number of anilines is 1. The highest BCUT2D eigenvalue weighted by Gasteiger charge is 2.34. The van der Waals surface area contributed by atoms with Gasteiger partial charge in [-0.1, -0.05) is 23.5 Å². The molecule has 0 spiro atoms. The molecular weight excluding hydrogens is 327 g/mol. The van der Waals surface area contributed by atoms with Gasteiger partial charge >= 0.3 is 0 Å². The summed E-state index contributed by atoms with van der Waals surface area (Å²) < 4.78 is 14.5. The second-order valence-corrected chi connectivity index (χ2v) is 6.73. The van der Waals surface area contributed by atoms with Crippen LogP contribution in [0.3, 0.4) is 0 Å². The summed E-state index contributed by atoms with van der Waals surface area (Å²) in [4.78, 5) is 22.7. The SMILES string of the molecule is O=C(NCc1ccccn1)C1CN(c2nc3c(F)cccc3s2)C1. The van der Waals surface area contributed by atoms with Gasteiger partial charge in [0, 0.05) is 19.3 Å². The van der Waals surface area contributed by atoms with Crippen molar-refractivity contribution in [1.82, 2.24) is 15.3 Å². The first-order chi connectivity index (χ1) is 11.7. The lowest BCUT2D eigenvalue weighted by atomic mass is 10.00. The first kappa shape index (κ1) is 15.0. The summed E-state index contributed by atoms with van der Waals surface area (Å²) in [5, 5.41) is 3.67. The molecule has 2 aromatic heterocycles. The van der Waals surface area contributed by atoms with Crippen LogP contribution in [0.4, 0.5) is 9.52 Å². The normalized spacial score (nSPS) is 14.6. The minimum absolute atomic E-state index is 0.0178. The fraction of sp³-hybridized carbons (Fsp3) is 0.235. The van der Waals surface area contributed by atoms with Gasteiger partial charge in [0.15, 0.2) is 5.13 Å². The van der Waals surface area contributed by atoms with E-state index in [1.54, 1.807) is 12.3 Å². The number of nitrogens with zero attached hydrogens (tertiary/aromatic N) is 3. The van der Waals surface area contributed by atoms with Gasteiger partial charge in [0.1, 0.15) is 11.3 Å². The van der Waals surface area contributed by atoms with E-state index in [9.17, 15) is 9.18 Å². The summed E-state index contributed by atoms with van der Waals surface area (Å²) in [5.41, 5.74) is 1.24. The van der Waals surface area contributed by atoms with Gasteiger partial charge in [-0.25, -0.2) is 9.37 Å². The molecule has 0 unspecified atom stereocenters. The molecule has 0 saturated carbocycles. The molecule has 5 nitrogen and oxygen atoms in total. The molecule has 122 valence electrons. The molecule has 1 amide bonds. The van der Waals surface area contributed by atoms with Crippen LogP contribution < -0.4 is 10.2 Å². The smallest absolute Gasteiger partial charge is 0.227 e. The van der Waals surface area contributed by atoms with Crippen molar-refractivity contribution >= 4 is 32.6 Å². The number of para-hydroxylation sites is 1. The summed E-state index contributed by atoms with van der Waals surface area (Å²) in [7, 11) is 0. The molecule has 0 atom stereocenters. The number of pyridine rings is 1. The maximum absolute atomic E-state index is 13.7. The standard InChI is InChI=1S/C17H15FN4OS/c18-13-5-3-6-14-15(13)21-17(24-14)22-9-11(10-22)16(23)20-8-12-4-1-2-7-19-12/h1-7,11H,8-10H2,(H,20,23). The number of thiazole rings is 1. The average molecular weight is 342 g/mol. The van der Waals surface area contributed by atoms with E-state index >= 15 is 0 Å². The second kappa shape index (κ2) is 6.16. The largest absolute Gasteiger partial charge is 0.350 e. The van der Waals surface area contributed by atoms with Crippen molar-refractivity contribution in [3.05, 3.63) is 54.1 Å². The molecule has 1 saturated heterocycles. The number of benzene rings is 1. The molecule has 1 aliphatic heterocycles. The van der Waals surface area contributed by atoms with Crippen LogP contribution in [0.5, 0.6) is 0 Å². The summed E-state index contributed by atoms with van der Waals surface area (Å²) in [5.74, 6) is -0.352. The molecule has 24 heavy (non-hydrogen) atoms. The van der Waals surface area contributed by atoms with Crippen molar-refractivity contribution < 1.29 is 9.18 Å². The topological polar surface area (TPSA) is 58.1 Å². The van der Waals surface area contributed by atoms with Gasteiger partial charge in [0.05, 0.1) is 22.9 Å². The van der Waals surface area contributed by atoms with Crippen LogP contribution in [0, 0.1) is 11.7 Å². The number of halogens is 1. The lowest BCUT2D eigenvalue weighted by molar-refractivity contribution is -0.125. The maximum atomic E-state index is 13.7. The Morgan fingerprint density at radius 2 is 2.17 bits per heavy atom. The molecule has 1 N–H and O–H groups in total. The third-order valence-electron chi connectivity index (χ3n) is 4.05. The summed E-state index contributed by atoms with van der Waals surface area (Å²) >= 11 is 1.45. The Morgan fingerprint density at radius 1 is 1.29 bits per heavy atom. The van der Waals surface area contributed by atoms with Crippen molar-refractivity contribution in [2.45, 2.75) is 6.54 Å². The van der Waals surface area contributed by atoms with Crippen molar-refractivity contribution in [3.63, 3.8) is 0 Å². The van der Waals surface area contributed by atoms with Gasteiger partial charge in [-0.15, -0.1) is 0 Å². The maximum Gasteiger partial charge on any atom is 0.227 e. The zero-order valence-corrected chi connectivity index (χ0v) is 13.6. The predicted molar refractivity (Wildman–Crippen MR) is 91.4 cm³/mol. The highest BCUT2D eigenvalue weighted by atomic mass is 32.1. The lowest BCUT2D eigenvalue weighted by Crippen LogP contribution is -2.53. The van der Waals surface area contributed by atoms with Crippen LogP contribution in [-0.4, -0.2) is 29.0 Å².